The van der Waals surface area contributed by atoms with Crippen LogP contribution < -0.4 is 0 Å². The van der Waals surface area contributed by atoms with Gasteiger partial charge in [-0.05, 0) is 19.8 Å². The Bertz CT molecular complexity index is 570. The second kappa shape index (κ2) is 5.90. The normalized spacial score (nSPS) is 22.0. The molecule has 9 heteroatoms. The van der Waals surface area contributed by atoms with E-state index in [-0.39, 0.29) is 30.7 Å². The Morgan fingerprint density at radius 2 is 2.24 bits per heavy atom. The zero-order valence-corrected chi connectivity index (χ0v) is 11.5. The van der Waals surface area contributed by atoms with Crippen LogP contribution in [0, 0.1) is 16.0 Å². The number of carboxylic acid groups (broad SMARTS) is 1. The average Bonchev–Trinajstić information content (AvgIpc) is 2.87. The van der Waals surface area contributed by atoms with Crippen LogP contribution in [0.4, 0.5) is 5.69 Å². The topological polar surface area (TPSA) is 119 Å². The summed E-state index contributed by atoms with van der Waals surface area (Å²) >= 11 is 0. The maximum Gasteiger partial charge on any atom is 0.308 e. The van der Waals surface area contributed by atoms with Crippen molar-refractivity contribution in [1.29, 1.82) is 0 Å². The standard InChI is InChI=1S/C12H16N4O5/c1-8-2-3-9(12(18)19)5-15(8)11(17)7-14-6-10(4-13-14)16(20)21/h4,6,8-9H,2-3,5,7H2,1H3,(H,18,19). The number of nitrogens with zero attached hydrogens (tertiary/aromatic N) is 4. The number of piperidine rings is 1. The number of hydrogen-bond acceptors (Lipinski definition) is 5. The first-order valence-electron chi connectivity index (χ1n) is 6.57. The van der Waals surface area contributed by atoms with Gasteiger partial charge in [0.1, 0.15) is 18.9 Å². The highest BCUT2D eigenvalue weighted by Crippen LogP contribution is 2.22. The molecule has 114 valence electrons. The number of amides is 1. The van der Waals surface area contributed by atoms with Crippen molar-refractivity contribution in [1.82, 2.24) is 14.7 Å². The summed E-state index contributed by atoms with van der Waals surface area (Å²) < 4.78 is 1.19. The molecular formula is C12H16N4O5. The van der Waals surface area contributed by atoms with Crippen LogP contribution in [-0.4, -0.2) is 49.2 Å². The summed E-state index contributed by atoms with van der Waals surface area (Å²) in [6.07, 6.45) is 3.43. The fraction of sp³-hybridized carbons (Fsp3) is 0.583. The Hall–Kier alpha value is -2.45. The first-order valence-corrected chi connectivity index (χ1v) is 6.57. The molecule has 1 aromatic rings. The molecule has 0 saturated carbocycles. The zero-order chi connectivity index (χ0) is 15.6. The Morgan fingerprint density at radius 1 is 1.52 bits per heavy atom. The number of rotatable bonds is 4. The molecular weight excluding hydrogens is 280 g/mol. The molecule has 1 saturated heterocycles. The number of aromatic nitrogens is 2. The molecule has 1 aromatic heterocycles. The molecule has 0 spiro atoms. The summed E-state index contributed by atoms with van der Waals surface area (Å²) in [4.78, 5) is 34.8. The van der Waals surface area contributed by atoms with E-state index in [1.54, 1.807) is 0 Å². The van der Waals surface area contributed by atoms with E-state index < -0.39 is 16.8 Å². The van der Waals surface area contributed by atoms with Crippen LogP contribution in [0.1, 0.15) is 19.8 Å². The maximum atomic E-state index is 12.2. The van der Waals surface area contributed by atoms with Crippen LogP contribution in [0.2, 0.25) is 0 Å². The first-order chi connectivity index (χ1) is 9.88. The van der Waals surface area contributed by atoms with E-state index in [9.17, 15) is 19.7 Å². The fourth-order valence-corrected chi connectivity index (χ4v) is 2.42. The predicted octanol–water partition coefficient (Wildman–Crippen LogP) is 0.503. The quantitative estimate of drug-likeness (QED) is 0.638. The van der Waals surface area contributed by atoms with Gasteiger partial charge in [-0.3, -0.25) is 24.4 Å². The number of carboxylic acids is 1. The van der Waals surface area contributed by atoms with Gasteiger partial charge in [0.15, 0.2) is 0 Å². The predicted molar refractivity (Wildman–Crippen MR) is 70.4 cm³/mol. The highest BCUT2D eigenvalue weighted by Gasteiger charge is 2.32. The van der Waals surface area contributed by atoms with E-state index in [4.69, 9.17) is 5.11 Å². The second-order valence-electron chi connectivity index (χ2n) is 5.16. The zero-order valence-electron chi connectivity index (χ0n) is 11.5. The molecule has 0 aliphatic carbocycles. The van der Waals surface area contributed by atoms with E-state index in [1.807, 2.05) is 6.92 Å². The minimum absolute atomic E-state index is 0.0429. The summed E-state index contributed by atoms with van der Waals surface area (Å²) in [7, 11) is 0. The highest BCUT2D eigenvalue weighted by atomic mass is 16.6. The summed E-state index contributed by atoms with van der Waals surface area (Å²) in [6.45, 7) is 1.89. The molecule has 1 aliphatic heterocycles. The molecule has 0 bridgehead atoms. The minimum Gasteiger partial charge on any atom is -0.481 e. The Balaban J connectivity index is 2.03. The molecule has 2 atom stereocenters. The van der Waals surface area contributed by atoms with Crippen LogP contribution in [0.3, 0.4) is 0 Å². The Kier molecular flexibility index (Phi) is 4.20. The van der Waals surface area contributed by atoms with Gasteiger partial charge in [0.2, 0.25) is 5.91 Å². The minimum atomic E-state index is -0.908. The van der Waals surface area contributed by atoms with Crippen molar-refractivity contribution in [2.24, 2.45) is 5.92 Å². The SMILES string of the molecule is CC1CCC(C(=O)O)CN1C(=O)Cn1cc([N+](=O)[O-])cn1. The summed E-state index contributed by atoms with van der Waals surface area (Å²) in [5.41, 5.74) is -0.182. The van der Waals surface area contributed by atoms with Crippen molar-refractivity contribution in [3.8, 4) is 0 Å². The van der Waals surface area contributed by atoms with Gasteiger partial charge in [0.25, 0.3) is 0 Å². The number of likely N-dealkylation sites (tertiary alicyclic amines) is 1. The molecule has 2 rings (SSSR count). The van der Waals surface area contributed by atoms with Gasteiger partial charge in [-0.25, -0.2) is 0 Å². The van der Waals surface area contributed by atoms with Gasteiger partial charge < -0.3 is 10.0 Å². The lowest BCUT2D eigenvalue weighted by molar-refractivity contribution is -0.385. The van der Waals surface area contributed by atoms with Gasteiger partial charge in [0.05, 0.1) is 10.8 Å². The molecule has 1 N–H and O–H groups in total. The van der Waals surface area contributed by atoms with Crippen molar-refractivity contribution in [2.45, 2.75) is 32.4 Å². The lowest BCUT2D eigenvalue weighted by atomic mass is 9.93. The van der Waals surface area contributed by atoms with E-state index in [0.29, 0.717) is 12.8 Å². The van der Waals surface area contributed by atoms with Gasteiger partial charge in [-0.2, -0.15) is 5.10 Å². The number of hydrogen-bond donors (Lipinski definition) is 1. The van der Waals surface area contributed by atoms with Crippen LogP contribution in [0.15, 0.2) is 12.4 Å². The number of nitro groups is 1. The third kappa shape index (κ3) is 3.36. The lowest BCUT2D eigenvalue weighted by Crippen LogP contribution is -2.48. The van der Waals surface area contributed by atoms with Gasteiger partial charge in [0, 0.05) is 12.6 Å². The van der Waals surface area contributed by atoms with Crippen molar-refractivity contribution >= 4 is 17.6 Å². The van der Waals surface area contributed by atoms with Crippen molar-refractivity contribution in [2.75, 3.05) is 6.54 Å². The maximum absolute atomic E-state index is 12.2. The van der Waals surface area contributed by atoms with Crippen molar-refractivity contribution in [3.63, 3.8) is 0 Å². The molecule has 9 nitrogen and oxygen atoms in total. The molecule has 1 aliphatic rings. The third-order valence-corrected chi connectivity index (χ3v) is 3.68. The van der Waals surface area contributed by atoms with Gasteiger partial charge in [-0.1, -0.05) is 0 Å². The monoisotopic (exact) mass is 296 g/mol. The number of aliphatic carboxylic acids is 1. The van der Waals surface area contributed by atoms with Crippen LogP contribution in [0.5, 0.6) is 0 Å². The van der Waals surface area contributed by atoms with E-state index >= 15 is 0 Å². The Morgan fingerprint density at radius 3 is 2.81 bits per heavy atom. The molecule has 0 radical (unpaired) electrons. The van der Waals surface area contributed by atoms with Crippen molar-refractivity contribution < 1.29 is 19.6 Å². The van der Waals surface area contributed by atoms with Crippen LogP contribution in [0.25, 0.3) is 0 Å². The van der Waals surface area contributed by atoms with E-state index in [0.717, 1.165) is 6.20 Å². The number of carbonyl (C=O) groups excluding carboxylic acids is 1. The highest BCUT2D eigenvalue weighted by molar-refractivity contribution is 5.78. The van der Waals surface area contributed by atoms with Gasteiger partial charge >= 0.3 is 11.7 Å². The first kappa shape index (κ1) is 14.9. The largest absolute Gasteiger partial charge is 0.481 e. The van der Waals surface area contributed by atoms with E-state index in [1.165, 1.54) is 15.8 Å². The smallest absolute Gasteiger partial charge is 0.308 e. The van der Waals surface area contributed by atoms with Crippen molar-refractivity contribution in [3.05, 3.63) is 22.5 Å². The third-order valence-electron chi connectivity index (χ3n) is 3.68. The second-order valence-corrected chi connectivity index (χ2v) is 5.16. The van der Waals surface area contributed by atoms with Gasteiger partial charge in [-0.15, -0.1) is 0 Å². The molecule has 2 heterocycles. The summed E-state index contributed by atoms with van der Waals surface area (Å²) in [5, 5.41) is 23.4. The molecule has 1 amide bonds. The van der Waals surface area contributed by atoms with Crippen LogP contribution >= 0.6 is 0 Å². The Labute approximate surface area is 120 Å². The number of carbonyl (C=O) groups is 2. The molecule has 0 aromatic carbocycles. The molecule has 2 unspecified atom stereocenters. The average molecular weight is 296 g/mol. The molecule has 1 fully saturated rings. The van der Waals surface area contributed by atoms with Crippen LogP contribution in [-0.2, 0) is 16.1 Å². The summed E-state index contributed by atoms with van der Waals surface area (Å²) in [5.74, 6) is -1.75. The lowest BCUT2D eigenvalue weighted by Gasteiger charge is -2.36. The molecule has 21 heavy (non-hydrogen) atoms. The fourth-order valence-electron chi connectivity index (χ4n) is 2.42. The van der Waals surface area contributed by atoms with E-state index in [2.05, 4.69) is 5.10 Å². The summed E-state index contributed by atoms with van der Waals surface area (Å²) in [6, 6.07) is -0.0429.